The minimum Gasteiger partial charge on any atom is -0.508 e. The second kappa shape index (κ2) is 3.84. The van der Waals surface area contributed by atoms with Gasteiger partial charge in [0.15, 0.2) is 0 Å². The summed E-state index contributed by atoms with van der Waals surface area (Å²) in [5.74, 6) is 0.571. The standard InChI is InChI=1S/C9H13O3P/c1-3-13(2,11)12-9-6-4-5-8(10)7-9/h4-7,10H,3H2,1-2H3. The smallest absolute Gasteiger partial charge is 0.244 e. The molecule has 4 heteroatoms. The fraction of sp³-hybridized carbons (Fsp3) is 0.333. The Morgan fingerprint density at radius 1 is 1.54 bits per heavy atom. The number of phenols is 1. The number of hydrogen-bond donors (Lipinski definition) is 1. The molecule has 0 saturated carbocycles. The van der Waals surface area contributed by atoms with Crippen LogP contribution >= 0.6 is 7.37 Å². The summed E-state index contributed by atoms with van der Waals surface area (Å²) < 4.78 is 16.8. The Morgan fingerprint density at radius 3 is 2.77 bits per heavy atom. The zero-order valence-electron chi connectivity index (χ0n) is 7.73. The summed E-state index contributed by atoms with van der Waals surface area (Å²) in [6, 6.07) is 6.32. The molecule has 3 nitrogen and oxygen atoms in total. The van der Waals surface area contributed by atoms with Gasteiger partial charge in [-0.25, -0.2) is 0 Å². The Balaban J connectivity index is 2.81. The maximum absolute atomic E-state index is 11.6. The van der Waals surface area contributed by atoms with E-state index in [2.05, 4.69) is 0 Å². The zero-order chi connectivity index (χ0) is 9.90. The quantitative estimate of drug-likeness (QED) is 0.763. The number of hydrogen-bond acceptors (Lipinski definition) is 3. The molecule has 1 unspecified atom stereocenters. The van der Waals surface area contributed by atoms with E-state index >= 15 is 0 Å². The van der Waals surface area contributed by atoms with Gasteiger partial charge in [-0.2, -0.15) is 0 Å². The molecule has 0 fully saturated rings. The lowest BCUT2D eigenvalue weighted by molar-refractivity contribution is 0.464. The number of aromatic hydroxyl groups is 1. The molecule has 0 amide bonds. The van der Waals surface area contributed by atoms with E-state index < -0.39 is 7.37 Å². The molecule has 13 heavy (non-hydrogen) atoms. The van der Waals surface area contributed by atoms with Crippen LogP contribution in [0.2, 0.25) is 0 Å². The third-order valence-electron chi connectivity index (χ3n) is 1.69. The van der Waals surface area contributed by atoms with Gasteiger partial charge in [0, 0.05) is 18.9 Å². The molecule has 0 aliphatic carbocycles. The van der Waals surface area contributed by atoms with Crippen LogP contribution in [0.15, 0.2) is 24.3 Å². The molecule has 0 spiro atoms. The van der Waals surface area contributed by atoms with Gasteiger partial charge in [-0.05, 0) is 12.1 Å². The summed E-state index contributed by atoms with van der Waals surface area (Å²) in [5, 5.41) is 9.11. The normalized spacial score (nSPS) is 14.9. The van der Waals surface area contributed by atoms with Crippen LogP contribution in [0.5, 0.6) is 11.5 Å². The van der Waals surface area contributed by atoms with Gasteiger partial charge < -0.3 is 9.63 Å². The van der Waals surface area contributed by atoms with Crippen LogP contribution in [0.4, 0.5) is 0 Å². The highest BCUT2D eigenvalue weighted by Crippen LogP contribution is 2.42. The largest absolute Gasteiger partial charge is 0.508 e. The Morgan fingerprint density at radius 2 is 2.23 bits per heavy atom. The van der Waals surface area contributed by atoms with Gasteiger partial charge in [-0.1, -0.05) is 13.0 Å². The average Bonchev–Trinajstić information content (AvgIpc) is 2.03. The molecule has 0 aliphatic heterocycles. The van der Waals surface area contributed by atoms with Crippen LogP contribution in [-0.4, -0.2) is 17.9 Å². The van der Waals surface area contributed by atoms with Gasteiger partial charge in [0.05, 0.1) is 0 Å². The second-order valence-electron chi connectivity index (χ2n) is 2.92. The summed E-state index contributed by atoms with van der Waals surface area (Å²) in [6.07, 6.45) is 0.489. The average molecular weight is 200 g/mol. The van der Waals surface area contributed by atoms with E-state index in [1.54, 1.807) is 24.9 Å². The van der Waals surface area contributed by atoms with Crippen molar-refractivity contribution in [2.75, 3.05) is 12.8 Å². The lowest BCUT2D eigenvalue weighted by Crippen LogP contribution is -1.92. The first kappa shape index (κ1) is 10.1. The van der Waals surface area contributed by atoms with Crippen LogP contribution in [-0.2, 0) is 4.57 Å². The first-order valence-corrected chi connectivity index (χ1v) is 6.34. The van der Waals surface area contributed by atoms with E-state index in [0.717, 1.165) is 0 Å². The molecule has 0 aromatic heterocycles. The molecule has 0 saturated heterocycles. The van der Waals surface area contributed by atoms with Crippen LogP contribution in [0, 0.1) is 0 Å². The van der Waals surface area contributed by atoms with E-state index in [4.69, 9.17) is 9.63 Å². The molecule has 1 aromatic carbocycles. The predicted octanol–water partition coefficient (Wildman–Crippen LogP) is 2.70. The molecule has 0 radical (unpaired) electrons. The fourth-order valence-electron chi connectivity index (χ4n) is 0.828. The number of rotatable bonds is 3. The topological polar surface area (TPSA) is 46.5 Å². The Bertz CT molecular complexity index is 335. The molecule has 1 atom stereocenters. The third-order valence-corrected chi connectivity index (χ3v) is 3.44. The molecule has 0 aliphatic rings. The van der Waals surface area contributed by atoms with Crippen LogP contribution in [0.25, 0.3) is 0 Å². The molecule has 1 aromatic rings. The van der Waals surface area contributed by atoms with Crippen molar-refractivity contribution in [2.45, 2.75) is 6.92 Å². The molecule has 0 heterocycles. The van der Waals surface area contributed by atoms with Crippen molar-refractivity contribution >= 4 is 7.37 Å². The van der Waals surface area contributed by atoms with Gasteiger partial charge in [-0.3, -0.25) is 4.57 Å². The molecular weight excluding hydrogens is 187 g/mol. The van der Waals surface area contributed by atoms with Gasteiger partial charge in [-0.15, -0.1) is 0 Å². The Kier molecular flexibility index (Phi) is 2.99. The van der Waals surface area contributed by atoms with Gasteiger partial charge >= 0.3 is 0 Å². The molecule has 72 valence electrons. The van der Waals surface area contributed by atoms with Crippen molar-refractivity contribution in [1.29, 1.82) is 0 Å². The molecule has 1 N–H and O–H groups in total. The van der Waals surface area contributed by atoms with Crippen molar-refractivity contribution in [3.8, 4) is 11.5 Å². The van der Waals surface area contributed by atoms with Gasteiger partial charge in [0.2, 0.25) is 7.37 Å². The van der Waals surface area contributed by atoms with E-state index in [9.17, 15) is 4.57 Å². The van der Waals surface area contributed by atoms with Crippen molar-refractivity contribution < 1.29 is 14.2 Å². The summed E-state index contributed by atoms with van der Waals surface area (Å²) in [7, 11) is -2.53. The van der Waals surface area contributed by atoms with E-state index in [1.807, 2.05) is 6.92 Å². The van der Waals surface area contributed by atoms with Crippen molar-refractivity contribution in [3.05, 3.63) is 24.3 Å². The van der Waals surface area contributed by atoms with Crippen LogP contribution in [0.3, 0.4) is 0 Å². The number of phenolic OH excluding ortho intramolecular Hbond substituents is 1. The summed E-state index contributed by atoms with van der Waals surface area (Å²) in [5.41, 5.74) is 0. The molecule has 1 rings (SSSR count). The van der Waals surface area contributed by atoms with E-state index in [1.165, 1.54) is 6.07 Å². The Labute approximate surface area is 77.8 Å². The van der Waals surface area contributed by atoms with Gasteiger partial charge in [0.1, 0.15) is 11.5 Å². The maximum Gasteiger partial charge on any atom is 0.244 e. The zero-order valence-corrected chi connectivity index (χ0v) is 8.62. The van der Waals surface area contributed by atoms with Crippen LogP contribution in [0.1, 0.15) is 6.92 Å². The lowest BCUT2D eigenvalue weighted by atomic mass is 10.3. The van der Waals surface area contributed by atoms with Crippen molar-refractivity contribution in [2.24, 2.45) is 0 Å². The maximum atomic E-state index is 11.6. The summed E-state index contributed by atoms with van der Waals surface area (Å²) in [4.78, 5) is 0. The summed E-state index contributed by atoms with van der Waals surface area (Å²) >= 11 is 0. The fourth-order valence-corrected chi connectivity index (χ4v) is 1.52. The monoisotopic (exact) mass is 200 g/mol. The highest BCUT2D eigenvalue weighted by Gasteiger charge is 2.13. The SMILES string of the molecule is CCP(C)(=O)Oc1cccc(O)c1. The summed E-state index contributed by atoms with van der Waals surface area (Å²) in [6.45, 7) is 3.39. The first-order valence-electron chi connectivity index (χ1n) is 4.08. The van der Waals surface area contributed by atoms with E-state index in [-0.39, 0.29) is 5.75 Å². The molecule has 0 bridgehead atoms. The van der Waals surface area contributed by atoms with E-state index in [0.29, 0.717) is 11.9 Å². The first-order chi connectivity index (χ1) is 6.03. The minimum atomic E-state index is -2.53. The predicted molar refractivity (Wildman–Crippen MR) is 52.8 cm³/mol. The highest BCUT2D eigenvalue weighted by molar-refractivity contribution is 7.58. The van der Waals surface area contributed by atoms with Crippen molar-refractivity contribution in [3.63, 3.8) is 0 Å². The van der Waals surface area contributed by atoms with Gasteiger partial charge in [0.25, 0.3) is 0 Å². The third kappa shape index (κ3) is 3.11. The van der Waals surface area contributed by atoms with Crippen molar-refractivity contribution in [1.82, 2.24) is 0 Å². The number of benzene rings is 1. The highest BCUT2D eigenvalue weighted by atomic mass is 31.2. The second-order valence-corrected chi connectivity index (χ2v) is 5.76. The molecular formula is C9H13O3P. The van der Waals surface area contributed by atoms with Crippen LogP contribution < -0.4 is 4.52 Å². The lowest BCUT2D eigenvalue weighted by Gasteiger charge is -2.12. The minimum absolute atomic E-state index is 0.119. The Hall–Kier alpha value is -0.950.